The van der Waals surface area contributed by atoms with E-state index in [1.807, 2.05) is 45.9 Å². The van der Waals surface area contributed by atoms with Crippen LogP contribution in [-0.2, 0) is 4.74 Å². The van der Waals surface area contributed by atoms with Gasteiger partial charge in [0.25, 0.3) is 0 Å². The summed E-state index contributed by atoms with van der Waals surface area (Å²) in [7, 11) is 1.71. The van der Waals surface area contributed by atoms with E-state index in [4.69, 9.17) is 4.74 Å². The van der Waals surface area contributed by atoms with Gasteiger partial charge in [0.15, 0.2) is 0 Å². The molecule has 0 atom stereocenters. The summed E-state index contributed by atoms with van der Waals surface area (Å²) in [6, 6.07) is 0. The molecule has 0 saturated heterocycles. The van der Waals surface area contributed by atoms with Crippen molar-refractivity contribution < 1.29 is 9.53 Å². The number of carbonyl (C=O) groups is 1. The molecule has 0 saturated carbocycles. The van der Waals surface area contributed by atoms with E-state index in [-0.39, 0.29) is 12.1 Å². The summed E-state index contributed by atoms with van der Waals surface area (Å²) in [4.78, 5) is 21.0. The summed E-state index contributed by atoms with van der Waals surface area (Å²) in [6.45, 7) is 11.3. The molecule has 24 heavy (non-hydrogen) atoms. The molecular formula is C20H26N2O2. The van der Waals surface area contributed by atoms with E-state index in [9.17, 15) is 4.79 Å². The number of pyridine rings is 1. The van der Waals surface area contributed by atoms with E-state index in [1.54, 1.807) is 25.5 Å². The van der Waals surface area contributed by atoms with Crippen LogP contribution in [0.5, 0.6) is 0 Å². The van der Waals surface area contributed by atoms with Crippen molar-refractivity contribution in [1.82, 2.24) is 4.98 Å². The van der Waals surface area contributed by atoms with E-state index in [0.717, 1.165) is 28.8 Å². The van der Waals surface area contributed by atoms with Gasteiger partial charge in [-0.15, -0.1) is 0 Å². The number of aromatic nitrogens is 1. The Balaban J connectivity index is 3.71. The third-order valence-electron chi connectivity index (χ3n) is 3.26. The lowest BCUT2D eigenvalue weighted by Gasteiger charge is -2.16. The lowest BCUT2D eigenvalue weighted by molar-refractivity contribution is 0.0377. The number of aliphatic imine (C=N–C) groups is 1. The number of nitrogens with zero attached hydrogens (tertiary/aromatic N) is 2. The fraction of sp³-hybridized carbons (Fsp3) is 0.350. The van der Waals surface area contributed by atoms with Crippen molar-refractivity contribution in [1.29, 1.82) is 0 Å². The molecule has 0 aliphatic heterocycles. The number of allylic oxidation sites excluding steroid dienone is 4. The predicted molar refractivity (Wildman–Crippen MR) is 101 cm³/mol. The van der Waals surface area contributed by atoms with Gasteiger partial charge in [-0.3, -0.25) is 9.98 Å². The molecule has 0 unspecified atom stereocenters. The minimum atomic E-state index is -0.382. The van der Waals surface area contributed by atoms with Crippen LogP contribution in [0.3, 0.4) is 0 Å². The highest BCUT2D eigenvalue weighted by molar-refractivity contribution is 6.14. The SMILES string of the molecule is C=C/C=C\c1c(C)ncc(C(=O)OC(C)C)c1/C(C=NC)=C/CC. The molecule has 1 heterocycles. The second kappa shape index (κ2) is 9.60. The van der Waals surface area contributed by atoms with Gasteiger partial charge in [0.1, 0.15) is 0 Å². The van der Waals surface area contributed by atoms with Crippen LogP contribution in [-0.4, -0.2) is 30.3 Å². The molecule has 0 spiro atoms. The summed E-state index contributed by atoms with van der Waals surface area (Å²) in [6.07, 6.45) is 11.4. The summed E-state index contributed by atoms with van der Waals surface area (Å²) in [5.74, 6) is -0.382. The van der Waals surface area contributed by atoms with E-state index < -0.39 is 0 Å². The maximum Gasteiger partial charge on any atom is 0.340 e. The first kappa shape index (κ1) is 19.6. The third-order valence-corrected chi connectivity index (χ3v) is 3.26. The van der Waals surface area contributed by atoms with E-state index >= 15 is 0 Å². The van der Waals surface area contributed by atoms with Gasteiger partial charge in [-0.2, -0.15) is 0 Å². The Morgan fingerprint density at radius 3 is 2.71 bits per heavy atom. The van der Waals surface area contributed by atoms with Crippen molar-refractivity contribution in [3.05, 3.63) is 53.4 Å². The number of hydrogen-bond acceptors (Lipinski definition) is 4. The smallest absolute Gasteiger partial charge is 0.340 e. The average molecular weight is 326 g/mol. The lowest BCUT2D eigenvalue weighted by Crippen LogP contribution is -2.15. The summed E-state index contributed by atoms with van der Waals surface area (Å²) in [5.41, 5.74) is 3.81. The molecule has 0 radical (unpaired) electrons. The van der Waals surface area contributed by atoms with Crippen LogP contribution in [0, 0.1) is 6.92 Å². The Bertz CT molecular complexity index is 683. The van der Waals surface area contributed by atoms with Crippen molar-refractivity contribution in [3.63, 3.8) is 0 Å². The van der Waals surface area contributed by atoms with Crippen LogP contribution in [0.1, 0.15) is 54.4 Å². The first-order valence-electron chi connectivity index (χ1n) is 8.08. The molecule has 128 valence electrons. The first-order valence-corrected chi connectivity index (χ1v) is 8.08. The standard InChI is InChI=1S/C20H26N2O2/c1-7-9-11-17-15(5)22-13-18(20(23)24-14(3)4)19(17)16(10-8-2)12-21-6/h7,9-14H,1,8H2,2-6H3/b11-9-,16-10+,21-12?. The molecule has 0 bridgehead atoms. The van der Waals surface area contributed by atoms with Gasteiger partial charge in [0.05, 0.1) is 11.7 Å². The molecule has 0 N–H and O–H groups in total. The lowest BCUT2D eigenvalue weighted by atomic mass is 9.93. The van der Waals surface area contributed by atoms with Gasteiger partial charge in [-0.05, 0) is 32.8 Å². The molecule has 1 aromatic rings. The molecule has 0 aliphatic rings. The van der Waals surface area contributed by atoms with Crippen LogP contribution in [0.15, 0.2) is 36.0 Å². The number of ether oxygens (including phenoxy) is 1. The zero-order valence-corrected chi connectivity index (χ0v) is 15.2. The molecule has 1 rings (SSSR count). The molecule has 1 aromatic heterocycles. The fourth-order valence-electron chi connectivity index (χ4n) is 2.31. The van der Waals surface area contributed by atoms with Crippen LogP contribution >= 0.6 is 0 Å². The van der Waals surface area contributed by atoms with Crippen LogP contribution in [0.25, 0.3) is 11.6 Å². The molecule has 0 aromatic carbocycles. The normalized spacial score (nSPS) is 12.3. The van der Waals surface area contributed by atoms with Gasteiger partial charge < -0.3 is 4.74 Å². The Kier molecular flexibility index (Phi) is 7.83. The largest absolute Gasteiger partial charge is 0.459 e. The second-order valence-corrected chi connectivity index (χ2v) is 5.55. The Labute approximate surface area is 144 Å². The average Bonchev–Trinajstić information content (AvgIpc) is 2.52. The van der Waals surface area contributed by atoms with Gasteiger partial charge in [-0.25, -0.2) is 4.79 Å². The van der Waals surface area contributed by atoms with Crippen molar-refractivity contribution in [2.45, 2.75) is 40.2 Å². The number of esters is 1. The van der Waals surface area contributed by atoms with Gasteiger partial charge >= 0.3 is 5.97 Å². The highest BCUT2D eigenvalue weighted by Gasteiger charge is 2.20. The van der Waals surface area contributed by atoms with Gasteiger partial charge in [0, 0.05) is 36.3 Å². The predicted octanol–water partition coefficient (Wildman–Crippen LogP) is 4.65. The molecule has 0 aliphatic carbocycles. The number of aryl methyl sites for hydroxylation is 1. The van der Waals surface area contributed by atoms with E-state index in [0.29, 0.717) is 5.56 Å². The monoisotopic (exact) mass is 326 g/mol. The third kappa shape index (κ3) is 5.01. The summed E-state index contributed by atoms with van der Waals surface area (Å²) >= 11 is 0. The maximum atomic E-state index is 12.5. The second-order valence-electron chi connectivity index (χ2n) is 5.55. The number of rotatable bonds is 7. The molecular weight excluding hydrogens is 300 g/mol. The quantitative estimate of drug-likeness (QED) is 0.416. The van der Waals surface area contributed by atoms with Crippen molar-refractivity contribution in [2.24, 2.45) is 4.99 Å². The summed E-state index contributed by atoms with van der Waals surface area (Å²) < 4.78 is 5.39. The van der Waals surface area contributed by atoms with Crippen molar-refractivity contribution >= 4 is 23.8 Å². The first-order chi connectivity index (χ1) is 11.5. The Hall–Kier alpha value is -2.49. The zero-order valence-electron chi connectivity index (χ0n) is 15.2. The topological polar surface area (TPSA) is 51.5 Å². The van der Waals surface area contributed by atoms with Crippen molar-refractivity contribution in [2.75, 3.05) is 7.05 Å². The zero-order chi connectivity index (χ0) is 18.1. The Morgan fingerprint density at radius 2 is 2.17 bits per heavy atom. The highest BCUT2D eigenvalue weighted by Crippen LogP contribution is 2.27. The van der Waals surface area contributed by atoms with Gasteiger partial charge in [-0.1, -0.05) is 37.8 Å². The van der Waals surface area contributed by atoms with Crippen molar-refractivity contribution in [3.8, 4) is 0 Å². The summed E-state index contributed by atoms with van der Waals surface area (Å²) in [5, 5.41) is 0. The van der Waals surface area contributed by atoms with Crippen LogP contribution < -0.4 is 0 Å². The number of hydrogen-bond donors (Lipinski definition) is 0. The molecule has 4 nitrogen and oxygen atoms in total. The minimum Gasteiger partial charge on any atom is -0.459 e. The molecule has 4 heteroatoms. The Morgan fingerprint density at radius 1 is 1.46 bits per heavy atom. The minimum absolute atomic E-state index is 0.197. The number of carbonyl (C=O) groups excluding carboxylic acids is 1. The molecule has 0 fully saturated rings. The van der Waals surface area contributed by atoms with E-state index in [2.05, 4.69) is 16.6 Å². The maximum absolute atomic E-state index is 12.5. The molecule has 0 amide bonds. The van der Waals surface area contributed by atoms with Crippen LogP contribution in [0.4, 0.5) is 0 Å². The fourth-order valence-corrected chi connectivity index (χ4v) is 2.31. The highest BCUT2D eigenvalue weighted by atomic mass is 16.5. The van der Waals surface area contributed by atoms with E-state index in [1.165, 1.54) is 0 Å². The van der Waals surface area contributed by atoms with Gasteiger partial charge in [0.2, 0.25) is 0 Å². The van der Waals surface area contributed by atoms with Crippen LogP contribution in [0.2, 0.25) is 0 Å².